The number of para-hydroxylation sites is 2. The van der Waals surface area contributed by atoms with Crippen LogP contribution in [0.25, 0.3) is 22.7 Å². The van der Waals surface area contributed by atoms with Gasteiger partial charge in [0.05, 0.1) is 43.5 Å². The maximum absolute atomic E-state index is 5.23. The minimum atomic E-state index is 0.322. The van der Waals surface area contributed by atoms with Crippen LogP contribution in [0.5, 0.6) is 0 Å². The molecule has 19 heteroatoms. The number of anilines is 2. The molecule has 68 heavy (non-hydrogen) atoms. The van der Waals surface area contributed by atoms with Crippen molar-refractivity contribution in [2.75, 3.05) is 70.2 Å². The molecule has 2 fully saturated rings. The molecule has 2 aromatic carbocycles. The van der Waals surface area contributed by atoms with Gasteiger partial charge in [0.25, 0.3) is 0 Å². The van der Waals surface area contributed by atoms with Crippen LogP contribution in [0, 0.1) is 0 Å². The van der Waals surface area contributed by atoms with Crippen molar-refractivity contribution in [3.63, 3.8) is 0 Å². The van der Waals surface area contributed by atoms with Gasteiger partial charge in [-0.05, 0) is 60.2 Å². The van der Waals surface area contributed by atoms with E-state index in [0.717, 1.165) is 122 Å². The Morgan fingerprint density at radius 1 is 0.647 bits per heavy atom. The fourth-order valence-corrected chi connectivity index (χ4v) is 8.66. The molecule has 0 spiro atoms. The molecule has 0 aliphatic carbocycles. The smallest absolute Gasteiger partial charge is 0.227 e. The van der Waals surface area contributed by atoms with Gasteiger partial charge in [0.15, 0.2) is 11.3 Å². The highest BCUT2D eigenvalue weighted by Gasteiger charge is 2.22. The first-order chi connectivity index (χ1) is 33.3. The molecule has 8 heterocycles. The molecule has 6 aromatic heterocycles. The van der Waals surface area contributed by atoms with Gasteiger partial charge >= 0.3 is 0 Å². The molecule has 356 valence electrons. The Kier molecular flexibility index (Phi) is 15.0. The minimum Gasteiger partial charge on any atom is -0.383 e. The summed E-state index contributed by atoms with van der Waals surface area (Å²) in [4.78, 5) is 24.4. The van der Waals surface area contributed by atoms with Crippen molar-refractivity contribution >= 4 is 23.2 Å². The first kappa shape index (κ1) is 46.5. The average Bonchev–Trinajstić information content (AvgIpc) is 4.23. The Labute approximate surface area is 397 Å². The van der Waals surface area contributed by atoms with E-state index in [-0.39, 0.29) is 0 Å². The average molecular weight is 921 g/mol. The summed E-state index contributed by atoms with van der Waals surface area (Å²) in [5.41, 5.74) is 8.30. The van der Waals surface area contributed by atoms with Gasteiger partial charge in [-0.2, -0.15) is 39.4 Å². The molecule has 1 unspecified atom stereocenters. The number of hydrogen-bond acceptors (Lipinski definition) is 15. The Balaban J connectivity index is 0.000000171. The molecule has 1 atom stereocenters. The van der Waals surface area contributed by atoms with E-state index < -0.39 is 0 Å². The highest BCUT2D eigenvalue weighted by molar-refractivity contribution is 5.54. The van der Waals surface area contributed by atoms with Crippen LogP contribution >= 0.6 is 0 Å². The lowest BCUT2D eigenvalue weighted by molar-refractivity contribution is 0.0926. The summed E-state index contributed by atoms with van der Waals surface area (Å²) in [6.07, 6.45) is 12.4. The zero-order valence-corrected chi connectivity index (χ0v) is 39.8. The summed E-state index contributed by atoms with van der Waals surface area (Å²) in [5.74, 6) is 3.64. The standard InChI is InChI=1S/C26H35N9O.C23H29N9/c1-20(2)22-18-29-35-25(22)30-24(19-33-13-11-32(12-14-33)15-16-36-3)31-26(35)27-17-21-7-4-5-8-23(21)34-10-6-9-28-34;1-16(2)19-14-28-32-22(19)29-21(15-25-18-8-10-24-13-18)30-23(32)26-12-17-6-3-4-7-20(17)31-11-5-9-27-31/h4-10,18,20H,11-17,19H2,1-3H3,(H,27,30,31);3-7,9,11,14,16,18,24-25H,8,10,12-13,15H2,1-2H3,(H,26,29,30). The molecule has 10 rings (SSSR count). The summed E-state index contributed by atoms with van der Waals surface area (Å²) in [5, 5.41) is 32.0. The monoisotopic (exact) mass is 921 g/mol. The van der Waals surface area contributed by atoms with E-state index in [4.69, 9.17) is 24.7 Å². The lowest BCUT2D eigenvalue weighted by Crippen LogP contribution is -2.47. The van der Waals surface area contributed by atoms with Crippen molar-refractivity contribution in [1.29, 1.82) is 0 Å². The Morgan fingerprint density at radius 3 is 1.71 bits per heavy atom. The van der Waals surface area contributed by atoms with Gasteiger partial charge < -0.3 is 26.0 Å². The van der Waals surface area contributed by atoms with Crippen LogP contribution in [0.4, 0.5) is 11.9 Å². The topological polar surface area (TPSA) is 186 Å². The third-order valence-electron chi connectivity index (χ3n) is 12.5. The van der Waals surface area contributed by atoms with E-state index >= 15 is 0 Å². The molecule has 19 nitrogen and oxygen atoms in total. The van der Waals surface area contributed by atoms with Crippen LogP contribution in [0.3, 0.4) is 0 Å². The predicted molar refractivity (Wildman–Crippen MR) is 263 cm³/mol. The van der Waals surface area contributed by atoms with Crippen molar-refractivity contribution in [3.8, 4) is 11.4 Å². The van der Waals surface area contributed by atoms with Gasteiger partial charge in [-0.15, -0.1) is 0 Å². The van der Waals surface area contributed by atoms with Crippen molar-refractivity contribution in [3.05, 3.63) is 132 Å². The van der Waals surface area contributed by atoms with E-state index in [2.05, 4.69) is 103 Å². The molecule has 2 aliphatic heterocycles. The molecule has 0 amide bonds. The van der Waals surface area contributed by atoms with E-state index in [9.17, 15) is 0 Å². The maximum atomic E-state index is 5.23. The molecular formula is C49H64N18O. The van der Waals surface area contributed by atoms with Crippen LogP contribution in [-0.2, 0) is 30.9 Å². The molecule has 0 bridgehead atoms. The number of benzene rings is 2. The second kappa shape index (κ2) is 22.0. The molecule has 2 saturated heterocycles. The lowest BCUT2D eigenvalue weighted by Gasteiger charge is -2.34. The Morgan fingerprint density at radius 2 is 1.19 bits per heavy atom. The summed E-state index contributed by atoms with van der Waals surface area (Å²) in [6.45, 7) is 19.1. The van der Waals surface area contributed by atoms with Gasteiger partial charge in [-0.25, -0.2) is 19.3 Å². The highest BCUT2D eigenvalue weighted by atomic mass is 16.5. The highest BCUT2D eigenvalue weighted by Crippen LogP contribution is 2.24. The molecule has 0 radical (unpaired) electrons. The number of methoxy groups -OCH3 is 1. The van der Waals surface area contributed by atoms with E-state index in [0.29, 0.717) is 49.4 Å². The summed E-state index contributed by atoms with van der Waals surface area (Å²) in [7, 11) is 1.76. The van der Waals surface area contributed by atoms with Gasteiger partial charge in [0.2, 0.25) is 11.9 Å². The maximum Gasteiger partial charge on any atom is 0.227 e. The third-order valence-corrected chi connectivity index (χ3v) is 12.5. The SMILES string of the molecule is CC(C)c1cnn2c(NCc3ccccc3-n3cccn3)nc(CNC3CCNC3)nc12.COCCN1CCN(Cc2nc(NCc3ccccc3-n3cccn3)n3ncc(C(C)C)c3n2)CC1. The van der Waals surface area contributed by atoms with Gasteiger partial charge in [-0.1, -0.05) is 64.1 Å². The second-order valence-electron chi connectivity index (χ2n) is 18.0. The number of nitrogens with one attached hydrogen (secondary N) is 4. The van der Waals surface area contributed by atoms with Gasteiger partial charge in [-0.3, -0.25) is 9.80 Å². The first-order valence-corrected chi connectivity index (χ1v) is 23.8. The Bertz CT molecular complexity index is 2820. The van der Waals surface area contributed by atoms with Crippen molar-refractivity contribution in [1.82, 2.24) is 79.2 Å². The summed E-state index contributed by atoms with van der Waals surface area (Å²) in [6, 6.07) is 20.8. The fraction of sp³-hybridized carbons (Fsp3) is 0.429. The van der Waals surface area contributed by atoms with Gasteiger partial charge in [0, 0.05) is 101 Å². The lowest BCUT2D eigenvalue weighted by atomic mass is 10.1. The number of aromatic nitrogens is 12. The van der Waals surface area contributed by atoms with Crippen LogP contribution in [0.1, 0.15) is 79.9 Å². The number of nitrogens with zero attached hydrogens (tertiary/aromatic N) is 14. The van der Waals surface area contributed by atoms with E-state index in [1.165, 1.54) is 0 Å². The zero-order chi connectivity index (χ0) is 46.8. The van der Waals surface area contributed by atoms with Crippen LogP contribution < -0.4 is 21.3 Å². The van der Waals surface area contributed by atoms with Crippen molar-refractivity contribution < 1.29 is 4.74 Å². The number of piperazine rings is 1. The number of rotatable bonds is 18. The van der Waals surface area contributed by atoms with E-state index in [1.807, 2.05) is 79.6 Å². The minimum absolute atomic E-state index is 0.322. The zero-order valence-electron chi connectivity index (χ0n) is 39.8. The largest absolute Gasteiger partial charge is 0.383 e. The summed E-state index contributed by atoms with van der Waals surface area (Å²) < 4.78 is 12.6. The molecular weight excluding hydrogens is 857 g/mol. The first-order valence-electron chi connectivity index (χ1n) is 23.8. The van der Waals surface area contributed by atoms with Crippen LogP contribution in [0.15, 0.2) is 97.8 Å². The second-order valence-corrected chi connectivity index (χ2v) is 18.0. The molecule has 4 N–H and O–H groups in total. The number of fused-ring (bicyclic) bond motifs is 2. The van der Waals surface area contributed by atoms with Crippen LogP contribution in [-0.4, -0.2) is 134 Å². The quantitative estimate of drug-likeness (QED) is 0.0868. The molecule has 0 saturated carbocycles. The van der Waals surface area contributed by atoms with Crippen molar-refractivity contribution in [2.45, 2.75) is 78.2 Å². The predicted octanol–water partition coefficient (Wildman–Crippen LogP) is 5.31. The molecule has 8 aromatic rings. The number of ether oxygens (including phenoxy) is 1. The van der Waals surface area contributed by atoms with E-state index in [1.54, 1.807) is 19.5 Å². The number of hydrogen-bond donors (Lipinski definition) is 4. The summed E-state index contributed by atoms with van der Waals surface area (Å²) >= 11 is 0. The normalized spacial score (nSPS) is 15.7. The van der Waals surface area contributed by atoms with Gasteiger partial charge in [0.1, 0.15) is 11.6 Å². The van der Waals surface area contributed by atoms with Crippen molar-refractivity contribution in [2.24, 2.45) is 0 Å². The van der Waals surface area contributed by atoms with Crippen LogP contribution in [0.2, 0.25) is 0 Å². The Hall–Kier alpha value is -6.64. The fourth-order valence-electron chi connectivity index (χ4n) is 8.66. The molecule has 2 aliphatic rings. The third kappa shape index (κ3) is 11.0.